The smallest absolute Gasteiger partial charge is 0.246 e. The molecule has 1 unspecified atom stereocenters. The highest BCUT2D eigenvalue weighted by atomic mass is 32.2. The van der Waals surface area contributed by atoms with Crippen molar-refractivity contribution >= 4 is 23.6 Å². The third-order valence-corrected chi connectivity index (χ3v) is 5.42. The fourth-order valence-corrected chi connectivity index (χ4v) is 3.73. The Kier molecular flexibility index (Phi) is 7.57. The molecular weight excluding hydrogens is 284 g/mol. The first-order chi connectivity index (χ1) is 10.1. The van der Waals surface area contributed by atoms with Crippen molar-refractivity contribution in [1.29, 1.82) is 0 Å². The Balaban J connectivity index is 2.89. The highest BCUT2D eigenvalue weighted by molar-refractivity contribution is 7.99. The molecule has 0 saturated carbocycles. The number of nitrogens with zero attached hydrogens (tertiary/aromatic N) is 1. The zero-order valence-electron chi connectivity index (χ0n) is 13.9. The maximum Gasteiger partial charge on any atom is 0.246 e. The minimum atomic E-state index is -0.641. The van der Waals surface area contributed by atoms with Gasteiger partial charge in [-0.25, -0.2) is 0 Å². The third-order valence-electron chi connectivity index (χ3n) is 4.43. The molecule has 0 spiro atoms. The summed E-state index contributed by atoms with van der Waals surface area (Å²) in [7, 11) is 0. The number of carbonyl (C=O) groups excluding carboxylic acids is 2. The van der Waals surface area contributed by atoms with E-state index in [9.17, 15) is 9.59 Å². The molecule has 0 aromatic rings. The summed E-state index contributed by atoms with van der Waals surface area (Å²) < 4.78 is 0. The van der Waals surface area contributed by atoms with E-state index in [1.807, 2.05) is 37.4 Å². The van der Waals surface area contributed by atoms with Crippen molar-refractivity contribution in [2.24, 2.45) is 0 Å². The largest absolute Gasteiger partial charge is 0.342 e. The van der Waals surface area contributed by atoms with Gasteiger partial charge in [-0.05, 0) is 37.2 Å². The van der Waals surface area contributed by atoms with Crippen LogP contribution in [0.15, 0.2) is 0 Å². The lowest BCUT2D eigenvalue weighted by molar-refractivity contribution is -0.158. The van der Waals surface area contributed by atoms with Crippen LogP contribution in [0.2, 0.25) is 0 Å². The van der Waals surface area contributed by atoms with Gasteiger partial charge >= 0.3 is 0 Å². The molecule has 2 amide bonds. The number of hydrogen-bond acceptors (Lipinski definition) is 3. The first kappa shape index (κ1) is 18.3. The molecule has 1 heterocycles. The number of amides is 2. The zero-order chi connectivity index (χ0) is 15.9. The van der Waals surface area contributed by atoms with Gasteiger partial charge in [-0.3, -0.25) is 9.59 Å². The highest BCUT2D eigenvalue weighted by Gasteiger charge is 2.49. The summed E-state index contributed by atoms with van der Waals surface area (Å²) in [5.74, 6) is 2.29. The van der Waals surface area contributed by atoms with Crippen LogP contribution in [0.3, 0.4) is 0 Å². The van der Waals surface area contributed by atoms with E-state index in [0.717, 1.165) is 30.8 Å². The van der Waals surface area contributed by atoms with Gasteiger partial charge in [0.1, 0.15) is 11.6 Å². The summed E-state index contributed by atoms with van der Waals surface area (Å²) in [6, 6.07) is -0.326. The lowest BCUT2D eigenvalue weighted by atomic mass is 9.85. The molecule has 0 aromatic carbocycles. The molecule has 0 radical (unpaired) electrons. The van der Waals surface area contributed by atoms with Gasteiger partial charge < -0.3 is 10.2 Å². The Hall–Kier alpha value is -0.710. The summed E-state index contributed by atoms with van der Waals surface area (Å²) in [4.78, 5) is 27.2. The summed E-state index contributed by atoms with van der Waals surface area (Å²) >= 11 is 1.89. The summed E-state index contributed by atoms with van der Waals surface area (Å²) in [5, 5.41) is 2.96. The van der Waals surface area contributed by atoms with E-state index in [1.165, 1.54) is 0 Å². The lowest BCUT2D eigenvalue weighted by Crippen LogP contribution is -2.70. The van der Waals surface area contributed by atoms with Crippen molar-refractivity contribution in [3.05, 3.63) is 0 Å². The highest BCUT2D eigenvalue weighted by Crippen LogP contribution is 2.30. The van der Waals surface area contributed by atoms with Crippen LogP contribution in [0.25, 0.3) is 0 Å². The zero-order valence-corrected chi connectivity index (χ0v) is 14.7. The molecule has 21 heavy (non-hydrogen) atoms. The van der Waals surface area contributed by atoms with Crippen LogP contribution in [0.1, 0.15) is 59.8 Å². The van der Waals surface area contributed by atoms with Gasteiger partial charge in [-0.1, -0.05) is 34.1 Å². The van der Waals surface area contributed by atoms with Crippen molar-refractivity contribution in [2.75, 3.05) is 18.1 Å². The molecule has 1 aliphatic heterocycles. The van der Waals surface area contributed by atoms with Gasteiger partial charge in [0, 0.05) is 6.54 Å². The summed E-state index contributed by atoms with van der Waals surface area (Å²) in [6.07, 6.45) is 3.95. The van der Waals surface area contributed by atoms with E-state index in [1.54, 1.807) is 0 Å². The molecule has 1 N–H and O–H groups in total. The van der Waals surface area contributed by atoms with Crippen molar-refractivity contribution in [3.63, 3.8) is 0 Å². The monoisotopic (exact) mass is 314 g/mol. The summed E-state index contributed by atoms with van der Waals surface area (Å²) in [5.41, 5.74) is -0.641. The topological polar surface area (TPSA) is 49.4 Å². The standard InChI is InChI=1S/C16H30N2O2S/c1-5-10-13-14(19)18(11-9-12-21-8-4)16(6-2,7-3)15(20)17-13/h13H,5-12H2,1-4H3,(H,17,20). The second-order valence-electron chi connectivity index (χ2n) is 5.59. The number of nitrogens with one attached hydrogen (secondary N) is 1. The van der Waals surface area contributed by atoms with Crippen molar-refractivity contribution < 1.29 is 9.59 Å². The Labute approximate surface area is 133 Å². The van der Waals surface area contributed by atoms with E-state index in [-0.39, 0.29) is 17.9 Å². The Morgan fingerprint density at radius 2 is 1.86 bits per heavy atom. The van der Waals surface area contributed by atoms with E-state index in [2.05, 4.69) is 12.2 Å². The van der Waals surface area contributed by atoms with E-state index < -0.39 is 5.54 Å². The predicted molar refractivity (Wildman–Crippen MR) is 89.5 cm³/mol. The van der Waals surface area contributed by atoms with Gasteiger partial charge in [0.05, 0.1) is 0 Å². The van der Waals surface area contributed by atoms with Crippen LogP contribution in [-0.2, 0) is 9.59 Å². The fraction of sp³-hybridized carbons (Fsp3) is 0.875. The van der Waals surface area contributed by atoms with Gasteiger partial charge in [0.15, 0.2) is 0 Å². The van der Waals surface area contributed by atoms with Gasteiger partial charge in [-0.15, -0.1) is 0 Å². The maximum absolute atomic E-state index is 12.8. The number of carbonyl (C=O) groups is 2. The van der Waals surface area contributed by atoms with E-state index >= 15 is 0 Å². The molecule has 1 saturated heterocycles. The Morgan fingerprint density at radius 3 is 2.38 bits per heavy atom. The van der Waals surface area contributed by atoms with Crippen molar-refractivity contribution in [3.8, 4) is 0 Å². The number of hydrogen-bond donors (Lipinski definition) is 1. The SMILES string of the molecule is CCCC1NC(=O)C(CC)(CC)N(CCCSCC)C1=O. The van der Waals surface area contributed by atoms with Gasteiger partial charge in [0.2, 0.25) is 11.8 Å². The minimum Gasteiger partial charge on any atom is -0.342 e. The maximum atomic E-state index is 12.8. The first-order valence-electron chi connectivity index (χ1n) is 8.27. The lowest BCUT2D eigenvalue weighted by Gasteiger charge is -2.47. The number of piperazine rings is 1. The molecule has 122 valence electrons. The quantitative estimate of drug-likeness (QED) is 0.666. The predicted octanol–water partition coefficient (Wildman–Crippen LogP) is 2.82. The molecule has 0 bridgehead atoms. The third kappa shape index (κ3) is 3.93. The van der Waals surface area contributed by atoms with Gasteiger partial charge in [-0.2, -0.15) is 11.8 Å². The summed E-state index contributed by atoms with van der Waals surface area (Å²) in [6.45, 7) is 8.89. The fourth-order valence-electron chi connectivity index (χ4n) is 3.11. The van der Waals surface area contributed by atoms with Crippen LogP contribution >= 0.6 is 11.8 Å². The normalized spacial score (nSPS) is 21.5. The van der Waals surface area contributed by atoms with Crippen molar-refractivity contribution in [2.45, 2.75) is 71.4 Å². The van der Waals surface area contributed by atoms with Crippen LogP contribution < -0.4 is 5.32 Å². The van der Waals surface area contributed by atoms with Crippen LogP contribution in [0, 0.1) is 0 Å². The molecule has 1 rings (SSSR count). The second kappa shape index (κ2) is 8.66. The average molecular weight is 314 g/mol. The molecule has 5 heteroatoms. The molecule has 1 aliphatic rings. The Morgan fingerprint density at radius 1 is 1.19 bits per heavy atom. The molecule has 0 aromatic heterocycles. The van der Waals surface area contributed by atoms with E-state index in [4.69, 9.17) is 0 Å². The van der Waals surface area contributed by atoms with Crippen molar-refractivity contribution in [1.82, 2.24) is 10.2 Å². The van der Waals surface area contributed by atoms with Crippen LogP contribution in [0.5, 0.6) is 0 Å². The molecule has 4 nitrogen and oxygen atoms in total. The molecular formula is C16H30N2O2S. The molecule has 1 fully saturated rings. The Bertz CT molecular complexity index is 356. The minimum absolute atomic E-state index is 0.0358. The van der Waals surface area contributed by atoms with Crippen LogP contribution in [0.4, 0.5) is 0 Å². The number of thioether (sulfide) groups is 1. The second-order valence-corrected chi connectivity index (χ2v) is 6.99. The molecule has 1 atom stereocenters. The van der Waals surface area contributed by atoms with Gasteiger partial charge in [0.25, 0.3) is 0 Å². The average Bonchev–Trinajstić information content (AvgIpc) is 2.49. The molecule has 0 aliphatic carbocycles. The van der Waals surface area contributed by atoms with Crippen LogP contribution in [-0.4, -0.2) is 46.3 Å². The van der Waals surface area contributed by atoms with E-state index in [0.29, 0.717) is 19.4 Å². The number of rotatable bonds is 9. The first-order valence-corrected chi connectivity index (χ1v) is 9.42.